The van der Waals surface area contributed by atoms with Crippen LogP contribution in [0, 0.1) is 0 Å². The molecule has 3 rings (SSSR count). The highest BCUT2D eigenvalue weighted by Gasteiger charge is 2.15. The zero-order chi connectivity index (χ0) is 15.2. The summed E-state index contributed by atoms with van der Waals surface area (Å²) >= 11 is 0. The molecule has 0 saturated heterocycles. The fraction of sp³-hybridized carbons (Fsp3) is 0.368. The average molecular weight is 293 g/mol. The first kappa shape index (κ1) is 14.8. The third kappa shape index (κ3) is 3.73. The van der Waals surface area contributed by atoms with Gasteiger partial charge in [0.05, 0.1) is 5.71 Å². The molecule has 2 aromatic rings. The van der Waals surface area contributed by atoms with Gasteiger partial charge in [-0.25, -0.2) is 4.98 Å². The highest BCUT2D eigenvalue weighted by Crippen LogP contribution is 2.32. The molecular weight excluding hydrogens is 270 g/mol. The molecule has 1 saturated carbocycles. The van der Waals surface area contributed by atoms with Gasteiger partial charge in [0.1, 0.15) is 5.82 Å². The molecule has 0 atom stereocenters. The number of nitrogens with one attached hydrogen (secondary N) is 1. The summed E-state index contributed by atoms with van der Waals surface area (Å²) in [5, 5.41) is 4.41. The van der Waals surface area contributed by atoms with Crippen LogP contribution in [0.3, 0.4) is 0 Å². The van der Waals surface area contributed by atoms with Gasteiger partial charge in [-0.2, -0.15) is 5.10 Å². The third-order valence-corrected chi connectivity index (χ3v) is 4.41. The number of nitrogens with zero attached hydrogens (tertiary/aromatic N) is 2. The van der Waals surface area contributed by atoms with Gasteiger partial charge in [-0.3, -0.25) is 5.43 Å². The number of hydrogen-bond acceptors (Lipinski definition) is 3. The van der Waals surface area contributed by atoms with Crippen LogP contribution in [0.1, 0.15) is 56.1 Å². The van der Waals surface area contributed by atoms with E-state index >= 15 is 0 Å². The van der Waals surface area contributed by atoms with Crippen molar-refractivity contribution in [2.75, 3.05) is 5.43 Å². The van der Waals surface area contributed by atoms with E-state index < -0.39 is 0 Å². The molecule has 0 unspecified atom stereocenters. The molecule has 0 amide bonds. The Morgan fingerprint density at radius 2 is 1.82 bits per heavy atom. The lowest BCUT2D eigenvalue weighted by Gasteiger charge is -2.22. The van der Waals surface area contributed by atoms with Crippen LogP contribution in [-0.4, -0.2) is 10.7 Å². The maximum Gasteiger partial charge on any atom is 0.146 e. The summed E-state index contributed by atoms with van der Waals surface area (Å²) in [6.07, 6.45) is 8.59. The maximum atomic E-state index is 4.41. The van der Waals surface area contributed by atoms with Crippen molar-refractivity contribution in [2.24, 2.45) is 5.10 Å². The van der Waals surface area contributed by atoms with Gasteiger partial charge in [-0.05, 0) is 48.9 Å². The second-order valence-electron chi connectivity index (χ2n) is 5.98. The second kappa shape index (κ2) is 7.21. The quantitative estimate of drug-likeness (QED) is 0.638. The lowest BCUT2D eigenvalue weighted by Crippen LogP contribution is -2.05. The molecule has 1 N–H and O–H groups in total. The molecule has 22 heavy (non-hydrogen) atoms. The Balaban J connectivity index is 1.66. The molecule has 1 heterocycles. The summed E-state index contributed by atoms with van der Waals surface area (Å²) in [5.74, 6) is 1.52. The lowest BCUT2D eigenvalue weighted by atomic mass is 9.84. The molecule has 1 aromatic heterocycles. The molecule has 3 heteroatoms. The minimum Gasteiger partial charge on any atom is -0.261 e. The molecule has 0 radical (unpaired) electrons. The monoisotopic (exact) mass is 293 g/mol. The van der Waals surface area contributed by atoms with Crippen LogP contribution >= 0.6 is 0 Å². The van der Waals surface area contributed by atoms with E-state index in [1.165, 1.54) is 37.7 Å². The number of hydrogen-bond donors (Lipinski definition) is 1. The van der Waals surface area contributed by atoms with Crippen LogP contribution in [0.25, 0.3) is 0 Å². The number of aromatic nitrogens is 1. The minimum absolute atomic E-state index is 0.756. The standard InChI is InChI=1S/C19H23N3/c1-15(21-22-19-9-5-6-14-20-19)16-10-12-18(13-11-16)17-7-3-2-4-8-17/h5-6,9-14,17H,2-4,7-8H2,1H3,(H,20,22). The first-order valence-corrected chi connectivity index (χ1v) is 8.14. The SMILES string of the molecule is CC(=NNc1ccccn1)c1ccc(C2CCCCC2)cc1. The summed E-state index contributed by atoms with van der Waals surface area (Å²) in [4.78, 5) is 4.20. The van der Waals surface area contributed by atoms with Crippen molar-refractivity contribution in [1.82, 2.24) is 4.98 Å². The van der Waals surface area contributed by atoms with Crippen molar-refractivity contribution in [3.05, 3.63) is 59.8 Å². The number of benzene rings is 1. The second-order valence-corrected chi connectivity index (χ2v) is 5.98. The third-order valence-electron chi connectivity index (χ3n) is 4.41. The topological polar surface area (TPSA) is 37.3 Å². The van der Waals surface area contributed by atoms with E-state index in [2.05, 4.69) is 39.8 Å². The van der Waals surface area contributed by atoms with E-state index in [9.17, 15) is 0 Å². The molecule has 0 aliphatic heterocycles. The van der Waals surface area contributed by atoms with Crippen molar-refractivity contribution in [3.63, 3.8) is 0 Å². The van der Waals surface area contributed by atoms with Crippen LogP contribution < -0.4 is 5.43 Å². The lowest BCUT2D eigenvalue weighted by molar-refractivity contribution is 0.443. The Kier molecular flexibility index (Phi) is 4.84. The van der Waals surface area contributed by atoms with Crippen LogP contribution in [-0.2, 0) is 0 Å². The number of pyridine rings is 1. The van der Waals surface area contributed by atoms with E-state index in [1.54, 1.807) is 6.20 Å². The van der Waals surface area contributed by atoms with E-state index in [0.717, 1.165) is 23.0 Å². The van der Waals surface area contributed by atoms with E-state index in [0.29, 0.717) is 0 Å². The Bertz CT molecular complexity index is 611. The van der Waals surface area contributed by atoms with Crippen LogP contribution in [0.15, 0.2) is 53.8 Å². The van der Waals surface area contributed by atoms with Gasteiger partial charge in [-0.15, -0.1) is 0 Å². The smallest absolute Gasteiger partial charge is 0.146 e. The first-order valence-electron chi connectivity index (χ1n) is 8.14. The number of hydrazone groups is 1. The average Bonchev–Trinajstić information content (AvgIpc) is 2.61. The molecule has 1 fully saturated rings. The first-order chi connectivity index (χ1) is 10.8. The molecule has 3 nitrogen and oxygen atoms in total. The van der Waals surface area contributed by atoms with Gasteiger partial charge in [0.15, 0.2) is 0 Å². The van der Waals surface area contributed by atoms with Crippen molar-refractivity contribution in [1.29, 1.82) is 0 Å². The summed E-state index contributed by atoms with van der Waals surface area (Å²) < 4.78 is 0. The molecule has 114 valence electrons. The predicted molar refractivity (Wildman–Crippen MR) is 92.3 cm³/mol. The van der Waals surface area contributed by atoms with Crippen molar-refractivity contribution in [2.45, 2.75) is 44.9 Å². The van der Waals surface area contributed by atoms with E-state index in [1.807, 2.05) is 25.1 Å². The van der Waals surface area contributed by atoms with Gasteiger partial charge in [-0.1, -0.05) is 49.6 Å². The molecule has 1 aliphatic carbocycles. The zero-order valence-corrected chi connectivity index (χ0v) is 13.1. The van der Waals surface area contributed by atoms with Gasteiger partial charge < -0.3 is 0 Å². The Hall–Kier alpha value is -2.16. The summed E-state index contributed by atoms with van der Waals surface area (Å²) in [7, 11) is 0. The highest BCUT2D eigenvalue weighted by atomic mass is 15.3. The molecular formula is C19H23N3. The predicted octanol–water partition coefficient (Wildman–Crippen LogP) is 4.97. The van der Waals surface area contributed by atoms with E-state index in [4.69, 9.17) is 0 Å². The normalized spacial score (nSPS) is 16.5. The van der Waals surface area contributed by atoms with Crippen LogP contribution in [0.4, 0.5) is 5.82 Å². The van der Waals surface area contributed by atoms with Gasteiger partial charge in [0, 0.05) is 6.20 Å². The summed E-state index contributed by atoms with van der Waals surface area (Å²) in [5.41, 5.74) is 6.61. The molecule has 0 spiro atoms. The Morgan fingerprint density at radius 1 is 1.05 bits per heavy atom. The number of anilines is 1. The Morgan fingerprint density at radius 3 is 2.50 bits per heavy atom. The molecule has 0 bridgehead atoms. The largest absolute Gasteiger partial charge is 0.261 e. The minimum atomic E-state index is 0.756. The van der Waals surface area contributed by atoms with Crippen LogP contribution in [0.2, 0.25) is 0 Å². The summed E-state index contributed by atoms with van der Waals surface area (Å²) in [6, 6.07) is 14.6. The Labute approximate surface area is 132 Å². The molecule has 1 aliphatic rings. The molecule has 1 aromatic carbocycles. The van der Waals surface area contributed by atoms with Gasteiger partial charge >= 0.3 is 0 Å². The summed E-state index contributed by atoms with van der Waals surface area (Å²) in [6.45, 7) is 2.02. The van der Waals surface area contributed by atoms with Gasteiger partial charge in [0.2, 0.25) is 0 Å². The van der Waals surface area contributed by atoms with Crippen molar-refractivity contribution in [3.8, 4) is 0 Å². The fourth-order valence-electron chi connectivity index (χ4n) is 3.07. The van der Waals surface area contributed by atoms with Crippen molar-refractivity contribution < 1.29 is 0 Å². The van der Waals surface area contributed by atoms with Crippen molar-refractivity contribution >= 4 is 11.5 Å². The fourth-order valence-corrected chi connectivity index (χ4v) is 3.07. The zero-order valence-electron chi connectivity index (χ0n) is 13.1. The van der Waals surface area contributed by atoms with Crippen LogP contribution in [0.5, 0.6) is 0 Å². The number of rotatable bonds is 4. The highest BCUT2D eigenvalue weighted by molar-refractivity contribution is 5.99. The maximum absolute atomic E-state index is 4.41. The van der Waals surface area contributed by atoms with E-state index in [-0.39, 0.29) is 0 Å². The van der Waals surface area contributed by atoms with Gasteiger partial charge in [0.25, 0.3) is 0 Å².